The van der Waals surface area contributed by atoms with Crippen molar-refractivity contribution in [1.82, 2.24) is 4.72 Å². The number of hydrogen-bond donors (Lipinski definition) is 1. The summed E-state index contributed by atoms with van der Waals surface area (Å²) in [6.45, 7) is 7.85. The lowest BCUT2D eigenvalue weighted by Crippen LogP contribution is -2.30. The first-order chi connectivity index (χ1) is 11.7. The lowest BCUT2D eigenvalue weighted by molar-refractivity contribution is 0.158. The predicted molar refractivity (Wildman–Crippen MR) is 98.9 cm³/mol. The zero-order valence-corrected chi connectivity index (χ0v) is 15.8. The molecule has 0 saturated heterocycles. The Labute approximate surface area is 149 Å². The molecule has 0 radical (unpaired) electrons. The van der Waals surface area contributed by atoms with Gasteiger partial charge in [-0.15, -0.1) is 0 Å². The number of oxime groups is 1. The fourth-order valence-electron chi connectivity index (χ4n) is 1.81. The molecule has 0 heterocycles. The second-order valence-electron chi connectivity index (χ2n) is 5.88. The Balaban J connectivity index is 2.51. The molecule has 1 aromatic carbocycles. The minimum Gasteiger partial charge on any atom is -0.297 e. The van der Waals surface area contributed by atoms with Gasteiger partial charge in [-0.1, -0.05) is 40.1 Å². The number of allylic oxidation sites excluding steroid dienone is 4. The number of aryl methyl sites for hydroxylation is 1. The van der Waals surface area contributed by atoms with Crippen LogP contribution >= 0.6 is 0 Å². The molecule has 0 saturated carbocycles. The van der Waals surface area contributed by atoms with Gasteiger partial charge in [0.1, 0.15) is 0 Å². The highest BCUT2D eigenvalue weighted by molar-refractivity contribution is 7.90. The minimum atomic E-state index is -3.97. The molecule has 1 amide bonds. The number of hydrogen-bond acceptors (Lipinski definition) is 5. The highest BCUT2D eigenvalue weighted by Crippen LogP contribution is 2.10. The molecule has 7 heteroatoms. The maximum absolute atomic E-state index is 12.0. The Kier molecular flexibility index (Phi) is 8.07. The number of carbonyl (C=O) groups excluding carboxylic acids is 1. The summed E-state index contributed by atoms with van der Waals surface area (Å²) < 4.78 is 25.8. The molecule has 6 nitrogen and oxygen atoms in total. The van der Waals surface area contributed by atoms with Crippen LogP contribution in [0.2, 0.25) is 0 Å². The molecule has 0 aliphatic carbocycles. The van der Waals surface area contributed by atoms with Gasteiger partial charge in [-0.3, -0.25) is 4.84 Å². The molecule has 1 aromatic rings. The number of carbonyl (C=O) groups is 1. The first kappa shape index (κ1) is 20.6. The smallest absolute Gasteiger partial charge is 0.297 e. The van der Waals surface area contributed by atoms with E-state index in [1.54, 1.807) is 22.9 Å². The average Bonchev–Trinajstić information content (AvgIpc) is 2.51. The van der Waals surface area contributed by atoms with Crippen molar-refractivity contribution in [3.8, 4) is 0 Å². The third-order valence-electron chi connectivity index (χ3n) is 3.20. The standard InChI is InChI=1S/C18H24N2O4S/c1-14(2)6-5-7-15(3)12-13-19-24-18(21)20-25(22,23)17-10-8-16(4)9-11-17/h6,8-13H,5,7H2,1-4H3,(H,20,21)/b15-12+,19-13-. The lowest BCUT2D eigenvalue weighted by atomic mass is 10.1. The number of benzene rings is 1. The zero-order valence-electron chi connectivity index (χ0n) is 14.9. The van der Waals surface area contributed by atoms with E-state index in [4.69, 9.17) is 0 Å². The van der Waals surface area contributed by atoms with E-state index in [1.807, 2.05) is 27.7 Å². The van der Waals surface area contributed by atoms with Gasteiger partial charge in [0.25, 0.3) is 10.0 Å². The van der Waals surface area contributed by atoms with E-state index in [2.05, 4.69) is 16.1 Å². The fourth-order valence-corrected chi connectivity index (χ4v) is 2.68. The van der Waals surface area contributed by atoms with Crippen molar-refractivity contribution < 1.29 is 18.0 Å². The van der Waals surface area contributed by atoms with E-state index in [1.165, 1.54) is 23.9 Å². The van der Waals surface area contributed by atoms with Crippen LogP contribution in [0, 0.1) is 6.92 Å². The van der Waals surface area contributed by atoms with Crippen LogP contribution in [-0.2, 0) is 14.9 Å². The summed E-state index contributed by atoms with van der Waals surface area (Å²) in [6.07, 6.45) is 5.79. The molecule has 0 bridgehead atoms. The summed E-state index contributed by atoms with van der Waals surface area (Å²) in [6, 6.07) is 6.10. The monoisotopic (exact) mass is 364 g/mol. The summed E-state index contributed by atoms with van der Waals surface area (Å²) in [5.41, 5.74) is 3.24. The number of nitrogens with one attached hydrogen (secondary N) is 1. The van der Waals surface area contributed by atoms with Gasteiger partial charge in [0, 0.05) is 0 Å². The summed E-state index contributed by atoms with van der Waals surface area (Å²) >= 11 is 0. The van der Waals surface area contributed by atoms with Crippen molar-refractivity contribution in [2.45, 2.75) is 45.4 Å². The van der Waals surface area contributed by atoms with Gasteiger partial charge < -0.3 is 0 Å². The Morgan fingerprint density at radius 3 is 2.44 bits per heavy atom. The predicted octanol–water partition coefficient (Wildman–Crippen LogP) is 4.09. The van der Waals surface area contributed by atoms with Gasteiger partial charge in [-0.25, -0.2) is 17.9 Å². The zero-order chi connectivity index (χ0) is 18.9. The van der Waals surface area contributed by atoms with Crippen molar-refractivity contribution in [2.24, 2.45) is 5.16 Å². The van der Waals surface area contributed by atoms with Gasteiger partial charge in [0.2, 0.25) is 0 Å². The molecule has 0 atom stereocenters. The van der Waals surface area contributed by atoms with Crippen LogP contribution in [0.25, 0.3) is 0 Å². The quantitative estimate of drug-likeness (QED) is 0.342. The highest BCUT2D eigenvalue weighted by Gasteiger charge is 2.18. The van der Waals surface area contributed by atoms with Crippen molar-refractivity contribution in [2.75, 3.05) is 0 Å². The van der Waals surface area contributed by atoms with Crippen LogP contribution in [0.1, 0.15) is 39.2 Å². The summed E-state index contributed by atoms with van der Waals surface area (Å²) in [5, 5.41) is 3.45. The number of rotatable bonds is 7. The fraction of sp³-hybridized carbons (Fsp3) is 0.333. The first-order valence-electron chi connectivity index (χ1n) is 7.83. The van der Waals surface area contributed by atoms with Gasteiger partial charge >= 0.3 is 6.09 Å². The van der Waals surface area contributed by atoms with Gasteiger partial charge in [-0.2, -0.15) is 0 Å². The largest absolute Gasteiger partial charge is 0.447 e. The normalized spacial score (nSPS) is 12.1. The van der Waals surface area contributed by atoms with E-state index in [9.17, 15) is 13.2 Å². The first-order valence-corrected chi connectivity index (χ1v) is 9.32. The summed E-state index contributed by atoms with van der Waals surface area (Å²) in [5.74, 6) is 0. The van der Waals surface area contributed by atoms with Crippen LogP contribution in [0.15, 0.2) is 57.6 Å². The molecule has 1 rings (SSSR count). The van der Waals surface area contributed by atoms with E-state index in [-0.39, 0.29) is 4.90 Å². The molecule has 0 unspecified atom stereocenters. The van der Waals surface area contributed by atoms with Crippen LogP contribution in [0.5, 0.6) is 0 Å². The second kappa shape index (κ2) is 9.78. The van der Waals surface area contributed by atoms with Crippen molar-refractivity contribution in [3.63, 3.8) is 0 Å². The number of sulfonamides is 1. The van der Waals surface area contributed by atoms with E-state index >= 15 is 0 Å². The molecule has 0 aromatic heterocycles. The Morgan fingerprint density at radius 1 is 1.20 bits per heavy atom. The third kappa shape index (κ3) is 8.30. The molecule has 0 aliphatic heterocycles. The third-order valence-corrected chi connectivity index (χ3v) is 4.52. The van der Waals surface area contributed by atoms with Crippen molar-refractivity contribution >= 4 is 22.3 Å². The maximum atomic E-state index is 12.0. The molecule has 25 heavy (non-hydrogen) atoms. The highest BCUT2D eigenvalue weighted by atomic mass is 32.2. The SMILES string of the molecule is CC(C)=CCC/C(C)=C/C=N\OC(=O)NS(=O)(=O)c1ccc(C)cc1. The maximum Gasteiger partial charge on any atom is 0.447 e. The lowest BCUT2D eigenvalue weighted by Gasteiger charge is -2.05. The molecule has 0 spiro atoms. The average molecular weight is 364 g/mol. The van der Waals surface area contributed by atoms with E-state index in [0.29, 0.717) is 0 Å². The van der Waals surface area contributed by atoms with Crippen LogP contribution in [0.4, 0.5) is 4.79 Å². The number of amides is 1. The number of nitrogens with zero attached hydrogens (tertiary/aromatic N) is 1. The Hall–Kier alpha value is -2.41. The molecule has 0 fully saturated rings. The van der Waals surface area contributed by atoms with Crippen molar-refractivity contribution in [1.29, 1.82) is 0 Å². The summed E-state index contributed by atoms with van der Waals surface area (Å²) in [7, 11) is -3.97. The Morgan fingerprint density at radius 2 is 1.84 bits per heavy atom. The Bertz CT molecular complexity index is 772. The van der Waals surface area contributed by atoms with Crippen LogP contribution < -0.4 is 4.72 Å². The molecule has 136 valence electrons. The topological polar surface area (TPSA) is 84.8 Å². The molecule has 1 N–H and O–H groups in total. The van der Waals surface area contributed by atoms with Gasteiger partial charge in [0.15, 0.2) is 0 Å². The second-order valence-corrected chi connectivity index (χ2v) is 7.57. The molecular weight excluding hydrogens is 340 g/mol. The summed E-state index contributed by atoms with van der Waals surface area (Å²) in [4.78, 5) is 16.0. The molecular formula is C18H24N2O4S. The minimum absolute atomic E-state index is 0.0194. The van der Waals surface area contributed by atoms with Gasteiger partial charge in [0.05, 0.1) is 11.1 Å². The van der Waals surface area contributed by atoms with E-state index < -0.39 is 16.1 Å². The van der Waals surface area contributed by atoms with Crippen LogP contribution in [-0.4, -0.2) is 20.7 Å². The van der Waals surface area contributed by atoms with Crippen molar-refractivity contribution in [3.05, 3.63) is 53.1 Å². The van der Waals surface area contributed by atoms with Gasteiger partial charge in [-0.05, 0) is 58.7 Å². The van der Waals surface area contributed by atoms with Crippen LogP contribution in [0.3, 0.4) is 0 Å². The molecule has 0 aliphatic rings. The van der Waals surface area contributed by atoms with E-state index in [0.717, 1.165) is 24.0 Å².